The third-order valence-electron chi connectivity index (χ3n) is 10.1. The number of hydrogen-bond acceptors (Lipinski definition) is 15. The average molecular weight is 897 g/mol. The Morgan fingerprint density at radius 2 is 1.37 bits per heavy atom. The molecule has 8 rings (SSSR count). The van der Waals surface area contributed by atoms with Crippen molar-refractivity contribution in [1.29, 1.82) is 0 Å². The van der Waals surface area contributed by atoms with Gasteiger partial charge in [-0.3, -0.25) is 32.3 Å². The summed E-state index contributed by atoms with van der Waals surface area (Å²) >= 11 is 7.97. The Bertz CT molecular complexity index is 2620. The Labute approximate surface area is 352 Å². The summed E-state index contributed by atoms with van der Waals surface area (Å²) in [6.45, 7) is -7.35. The number of aromatic nitrogens is 8. The number of carbonyl (C=O) groups is 2. The minimum atomic E-state index is -4.30. The lowest BCUT2D eigenvalue weighted by Crippen LogP contribution is -2.44. The molecule has 0 bridgehead atoms. The van der Waals surface area contributed by atoms with Gasteiger partial charge < -0.3 is 25.0 Å². The summed E-state index contributed by atoms with van der Waals surface area (Å²) in [5.41, 5.74) is 0.823. The van der Waals surface area contributed by atoms with Crippen LogP contribution in [0.4, 0.5) is 11.6 Å². The summed E-state index contributed by atoms with van der Waals surface area (Å²) in [6, 6.07) is 17.3. The molecule has 314 valence electrons. The van der Waals surface area contributed by atoms with E-state index in [4.69, 9.17) is 23.0 Å². The molecule has 2 amide bonds. The Morgan fingerprint density at radius 3 is 1.90 bits per heavy atom. The average Bonchev–Trinajstić information content (AvgIpc) is 4.05. The van der Waals surface area contributed by atoms with Crippen molar-refractivity contribution in [2.75, 3.05) is 23.8 Å². The number of anilines is 2. The van der Waals surface area contributed by atoms with Gasteiger partial charge in [0.25, 0.3) is 11.8 Å². The molecule has 2 aliphatic rings. The third-order valence-corrected chi connectivity index (χ3v) is 12.5. The van der Waals surface area contributed by atoms with E-state index in [9.17, 15) is 23.6 Å². The Balaban J connectivity index is 0.946. The predicted molar refractivity (Wildman–Crippen MR) is 223 cm³/mol. The van der Waals surface area contributed by atoms with Crippen molar-refractivity contribution in [3.63, 3.8) is 0 Å². The number of benzene rings is 2. The monoisotopic (exact) mass is 896 g/mol. The van der Waals surface area contributed by atoms with Gasteiger partial charge >= 0.3 is 13.6 Å². The largest absolute Gasteiger partial charge is 0.386 e. The predicted octanol–water partition coefficient (Wildman–Crippen LogP) is 6.40. The normalized spacial score (nSPS) is 23.7. The van der Waals surface area contributed by atoms with E-state index in [1.54, 1.807) is 77.0 Å². The van der Waals surface area contributed by atoms with E-state index in [1.807, 2.05) is 6.07 Å². The zero-order valence-corrected chi connectivity index (χ0v) is 35.2. The maximum atomic E-state index is 13.9. The summed E-state index contributed by atoms with van der Waals surface area (Å²) in [7, 11) is 0. The molecule has 6 heterocycles. The molecule has 0 spiro atoms. The Kier molecular flexibility index (Phi) is 12.2. The van der Waals surface area contributed by atoms with Crippen molar-refractivity contribution in [1.82, 2.24) is 39.0 Å². The number of rotatable bonds is 15. The highest BCUT2D eigenvalue weighted by Crippen LogP contribution is 2.59. The molecule has 3 N–H and O–H groups in total. The third kappa shape index (κ3) is 9.18. The molecule has 2 fully saturated rings. The van der Waals surface area contributed by atoms with Crippen molar-refractivity contribution >= 4 is 83.9 Å². The van der Waals surface area contributed by atoms with Gasteiger partial charge in [-0.2, -0.15) is 0 Å². The van der Waals surface area contributed by atoms with Crippen LogP contribution in [0.5, 0.6) is 0 Å². The molecule has 2 aliphatic heterocycles. The van der Waals surface area contributed by atoms with Gasteiger partial charge in [0.1, 0.15) is 36.8 Å². The maximum absolute atomic E-state index is 13.9. The molecule has 0 saturated carbocycles. The molecule has 24 heteroatoms. The van der Waals surface area contributed by atoms with Crippen LogP contribution in [0.15, 0.2) is 86.0 Å². The molecule has 20 nitrogen and oxygen atoms in total. The van der Waals surface area contributed by atoms with Crippen molar-refractivity contribution in [2.24, 2.45) is 0 Å². The van der Waals surface area contributed by atoms with Crippen LogP contribution in [0, 0.1) is 0 Å². The van der Waals surface area contributed by atoms with Crippen LogP contribution < -0.4 is 10.6 Å². The van der Waals surface area contributed by atoms with Gasteiger partial charge in [0.2, 0.25) is 0 Å². The van der Waals surface area contributed by atoms with Gasteiger partial charge in [0.05, 0.1) is 32.0 Å². The minimum absolute atomic E-state index is 0.0277. The van der Waals surface area contributed by atoms with E-state index in [0.29, 0.717) is 40.8 Å². The lowest BCUT2D eigenvalue weighted by Gasteiger charge is -2.34. The quantitative estimate of drug-likeness (QED) is 0.0553. The van der Waals surface area contributed by atoms with E-state index >= 15 is 0 Å². The second-order valence-electron chi connectivity index (χ2n) is 13.9. The first-order valence-corrected chi connectivity index (χ1v) is 24.0. The topological polar surface area (TPSA) is 246 Å². The minimum Gasteiger partial charge on any atom is -0.352 e. The van der Waals surface area contributed by atoms with Gasteiger partial charge in [0, 0.05) is 17.5 Å². The number of carbonyl (C=O) groups excluding carboxylic acids is 2. The number of thiol groups is 2. The first kappa shape index (κ1) is 42.1. The molecular weight excluding hydrogens is 859 g/mol. The summed E-state index contributed by atoms with van der Waals surface area (Å²) in [6.07, 6.45) is 3.86. The fourth-order valence-electron chi connectivity index (χ4n) is 7.06. The number of nitrogens with zero attached hydrogens (tertiary/aromatic N) is 8. The van der Waals surface area contributed by atoms with Gasteiger partial charge in [-0.15, -0.1) is 0 Å². The van der Waals surface area contributed by atoms with Crippen LogP contribution in [0.1, 0.15) is 65.8 Å². The summed E-state index contributed by atoms with van der Waals surface area (Å²) in [5.74, 6) is -0.337. The number of nitrogens with one attached hydrogen (secondary N) is 2. The van der Waals surface area contributed by atoms with Crippen LogP contribution in [-0.4, -0.2) is 86.8 Å². The second-order valence-corrected chi connectivity index (χ2v) is 19.5. The molecular formula is C36H38N10O10P2S2. The summed E-state index contributed by atoms with van der Waals surface area (Å²) in [5, 5.41) is 5.55. The molecule has 0 aliphatic carbocycles. The van der Waals surface area contributed by atoms with E-state index in [1.165, 1.54) is 19.0 Å². The van der Waals surface area contributed by atoms with E-state index in [-0.39, 0.29) is 42.5 Å². The SMILES string of the molecule is CC[C@]1(COP(=O)(O)S)O[C@@H](n2cnc3c(NC(=O)c4ccccc4)ncnc32)C[C@@H]1O[P@](=O)(S)OC[C@@H]1CC[C@H](n2cnc3c(NC(=O)c4ccccc4)ncnc32)O1. The fourth-order valence-corrected chi connectivity index (χ4v) is 9.18. The molecule has 2 saturated heterocycles. The van der Waals surface area contributed by atoms with Crippen molar-refractivity contribution in [3.8, 4) is 0 Å². The van der Waals surface area contributed by atoms with Crippen LogP contribution in [0.2, 0.25) is 0 Å². The van der Waals surface area contributed by atoms with Crippen LogP contribution >= 0.6 is 38.1 Å². The lowest BCUT2D eigenvalue weighted by molar-refractivity contribution is -0.120. The van der Waals surface area contributed by atoms with Gasteiger partial charge in [-0.25, -0.2) is 39.0 Å². The molecule has 1 unspecified atom stereocenters. The Morgan fingerprint density at radius 1 is 0.817 bits per heavy atom. The first-order chi connectivity index (χ1) is 28.8. The first-order valence-electron chi connectivity index (χ1n) is 18.6. The number of imidazole rings is 2. The van der Waals surface area contributed by atoms with Crippen LogP contribution in [0.3, 0.4) is 0 Å². The molecule has 4 aromatic heterocycles. The summed E-state index contributed by atoms with van der Waals surface area (Å²) in [4.78, 5) is 61.7. The van der Waals surface area contributed by atoms with E-state index < -0.39 is 56.4 Å². The van der Waals surface area contributed by atoms with Gasteiger partial charge in [-0.1, -0.05) is 67.8 Å². The van der Waals surface area contributed by atoms with Crippen LogP contribution in [0.25, 0.3) is 22.3 Å². The molecule has 6 aromatic rings. The van der Waals surface area contributed by atoms with Crippen LogP contribution in [-0.2, 0) is 32.2 Å². The highest BCUT2D eigenvalue weighted by Gasteiger charge is 2.53. The smallest absolute Gasteiger partial charge is 0.352 e. The number of fused-ring (bicyclic) bond motifs is 2. The van der Waals surface area contributed by atoms with Gasteiger partial charge in [-0.05, 0) is 43.5 Å². The standard InChI is InChI=1S/C36H38N10O10P2S2/c1-2-36(17-53-57(49,50)59)25(15-27(55-36)46-21-42-29-31(38-19-40-33(29)46)44-35(48)23-11-7-4-8-12-23)56-58(51,60)52-16-24-13-14-26(54-24)45-20-41-28-30(37-18-39-32(28)45)43-34(47)22-9-5-3-6-10-22/h3-12,18-21,24-27H,2,13-17H2,1H3,(H,51,60)(H2,49,50,59)(H,37,39,43,47)(H,38,40,44,48)/t24-,25-,26+,27+,36+,58+/m0/s1. The maximum Gasteiger partial charge on any atom is 0.386 e. The number of ether oxygens (including phenoxy) is 2. The zero-order valence-electron chi connectivity index (χ0n) is 31.6. The van der Waals surface area contributed by atoms with E-state index in [2.05, 4.69) is 65.0 Å². The van der Waals surface area contributed by atoms with Crippen molar-refractivity contribution in [3.05, 3.63) is 97.1 Å². The fraction of sp³-hybridized carbons (Fsp3) is 0.333. The van der Waals surface area contributed by atoms with Gasteiger partial charge in [0.15, 0.2) is 34.0 Å². The lowest BCUT2D eigenvalue weighted by atomic mass is 9.95. The molecule has 2 aromatic carbocycles. The molecule has 0 radical (unpaired) electrons. The highest BCUT2D eigenvalue weighted by atomic mass is 32.7. The Hall–Kier alpha value is -4.60. The molecule has 60 heavy (non-hydrogen) atoms. The molecule has 7 atom stereocenters. The van der Waals surface area contributed by atoms with E-state index in [0.717, 1.165) is 0 Å². The number of hydrogen-bond donors (Lipinski definition) is 5. The highest BCUT2D eigenvalue weighted by molar-refractivity contribution is 8.44. The number of amides is 2. The van der Waals surface area contributed by atoms with Crippen molar-refractivity contribution < 1.29 is 46.7 Å². The van der Waals surface area contributed by atoms with Crippen molar-refractivity contribution in [2.45, 2.75) is 62.9 Å². The summed E-state index contributed by atoms with van der Waals surface area (Å²) < 4.78 is 59.3. The second kappa shape index (κ2) is 17.4. The zero-order chi connectivity index (χ0) is 42.1.